The van der Waals surface area contributed by atoms with Gasteiger partial charge in [0.2, 0.25) is 0 Å². The van der Waals surface area contributed by atoms with Gasteiger partial charge >= 0.3 is 118 Å². The first-order valence-electron chi connectivity index (χ1n) is 11.5. The predicted octanol–water partition coefficient (Wildman–Crippen LogP) is -12.9. The summed E-state index contributed by atoms with van der Waals surface area (Å²) in [5, 5.41) is 30.0. The molecule has 202 valence electrons. The number of hydrogen-bond acceptors (Lipinski definition) is 10. The fraction of sp³-hybridized carbons (Fsp3) is 0.500. The number of nitrogens with zero attached hydrogens (tertiary/aromatic N) is 1. The van der Waals surface area contributed by atoms with Crippen molar-refractivity contribution in [2.75, 3.05) is 19.8 Å². The van der Waals surface area contributed by atoms with Crippen LogP contribution in [-0.4, -0.2) is 56.9 Å². The standard InChI is InChI=1S/C24H37NO9P2.4Na/c1-18(35(29,30)31)11-20-3-7-22(8-4-20)13-25(24(15-26,16-27)17-28)14-23-9-5-21(6-10-23)12-19(2)36(32,33)34;;;;/h3-10,18-19,26-28H,11-17H2,1-2H3,(H2,29,30,31)(H2,32,33,34);;;;/q;4*+1/p-4. The zero-order valence-electron chi connectivity index (χ0n) is 24.4. The summed E-state index contributed by atoms with van der Waals surface area (Å²) in [7, 11) is -9.37. The minimum absolute atomic E-state index is 0. The molecule has 2 atom stereocenters. The average Bonchev–Trinajstić information content (AvgIpc) is 2.81. The molecule has 2 aromatic carbocycles. The summed E-state index contributed by atoms with van der Waals surface area (Å²) in [5.41, 5.74) is -0.524. The van der Waals surface area contributed by atoms with Gasteiger partial charge in [-0.2, -0.15) is 0 Å². The van der Waals surface area contributed by atoms with Crippen LogP contribution in [0.15, 0.2) is 48.5 Å². The van der Waals surface area contributed by atoms with Crippen LogP contribution in [0, 0.1) is 0 Å². The molecular formula is C24H33NNa4O9P2. The minimum atomic E-state index is -4.69. The number of rotatable bonds is 14. The third-order valence-corrected chi connectivity index (χ3v) is 9.01. The summed E-state index contributed by atoms with van der Waals surface area (Å²) in [6.45, 7) is 1.63. The van der Waals surface area contributed by atoms with Crippen LogP contribution in [0.1, 0.15) is 36.1 Å². The fourth-order valence-corrected chi connectivity index (χ4v) is 4.62. The third kappa shape index (κ3) is 14.8. The molecule has 2 unspecified atom stereocenters. The molecule has 10 nitrogen and oxygen atoms in total. The molecule has 0 aliphatic rings. The molecule has 0 fully saturated rings. The normalized spacial score (nSPS) is 13.2. The van der Waals surface area contributed by atoms with E-state index in [0.29, 0.717) is 11.1 Å². The Kier molecular flexibility index (Phi) is 25.1. The molecule has 40 heavy (non-hydrogen) atoms. The largest absolute Gasteiger partial charge is 1.00 e. The van der Waals surface area contributed by atoms with Crippen molar-refractivity contribution in [3.05, 3.63) is 70.8 Å². The molecule has 0 amide bonds. The van der Waals surface area contributed by atoms with Gasteiger partial charge < -0.3 is 44.0 Å². The first-order chi connectivity index (χ1) is 16.7. The van der Waals surface area contributed by atoms with Crippen LogP contribution in [0.25, 0.3) is 0 Å². The second kappa shape index (κ2) is 21.4. The Morgan fingerprint density at radius 3 is 1.10 bits per heavy atom. The van der Waals surface area contributed by atoms with E-state index >= 15 is 0 Å². The molecule has 0 aromatic heterocycles. The van der Waals surface area contributed by atoms with Crippen molar-refractivity contribution in [1.29, 1.82) is 0 Å². The van der Waals surface area contributed by atoms with Crippen molar-refractivity contribution in [2.24, 2.45) is 0 Å². The molecule has 3 N–H and O–H groups in total. The molecular weight excluding hydrogens is 600 g/mol. The van der Waals surface area contributed by atoms with Gasteiger partial charge in [-0.1, -0.05) is 77.6 Å². The molecule has 0 bridgehead atoms. The molecule has 0 heterocycles. The van der Waals surface area contributed by atoms with Crippen molar-refractivity contribution < 1.29 is 162 Å². The van der Waals surface area contributed by atoms with E-state index in [1.54, 1.807) is 53.4 Å². The molecule has 0 saturated carbocycles. The van der Waals surface area contributed by atoms with E-state index in [9.17, 15) is 44.0 Å². The SMILES string of the molecule is CC(Cc1ccc(CN(Cc2ccc(CC(C)P(=O)([O-])[O-])cc2)C(CO)(CO)CO)cc1)P(=O)([O-])[O-].[Na+].[Na+].[Na+].[Na+]. The van der Waals surface area contributed by atoms with E-state index in [4.69, 9.17) is 0 Å². The van der Waals surface area contributed by atoms with Crippen molar-refractivity contribution >= 4 is 15.2 Å². The van der Waals surface area contributed by atoms with E-state index in [2.05, 4.69) is 0 Å². The summed E-state index contributed by atoms with van der Waals surface area (Å²) in [5.74, 6) is 0. The van der Waals surface area contributed by atoms with Gasteiger partial charge in [-0.15, -0.1) is 0 Å². The Balaban J connectivity index is -0.00000342. The zero-order valence-corrected chi connectivity index (χ0v) is 34.1. The Morgan fingerprint density at radius 2 is 0.875 bits per heavy atom. The summed E-state index contributed by atoms with van der Waals surface area (Å²) in [6, 6.07) is 13.8. The fourth-order valence-electron chi connectivity index (χ4n) is 3.75. The van der Waals surface area contributed by atoms with E-state index in [1.807, 2.05) is 0 Å². The van der Waals surface area contributed by atoms with Gasteiger partial charge in [-0.05, 0) is 46.4 Å². The summed E-state index contributed by atoms with van der Waals surface area (Å²) in [6.07, 6.45) is 0.169. The molecule has 2 rings (SSSR count). The molecule has 2 aromatic rings. The van der Waals surface area contributed by atoms with Crippen LogP contribution in [0.4, 0.5) is 0 Å². The molecule has 0 saturated heterocycles. The first kappa shape index (κ1) is 47.0. The van der Waals surface area contributed by atoms with Crippen LogP contribution < -0.4 is 138 Å². The monoisotopic (exact) mass is 633 g/mol. The van der Waals surface area contributed by atoms with Gasteiger partial charge in [0, 0.05) is 13.1 Å². The summed E-state index contributed by atoms with van der Waals surface area (Å²) < 4.78 is 22.4. The van der Waals surface area contributed by atoms with Gasteiger partial charge in [-0.3, -0.25) is 4.90 Å². The second-order valence-electron chi connectivity index (χ2n) is 9.37. The maximum absolute atomic E-state index is 11.2. The smallest absolute Gasteiger partial charge is 0.811 e. The van der Waals surface area contributed by atoms with Crippen molar-refractivity contribution in [3.63, 3.8) is 0 Å². The van der Waals surface area contributed by atoms with E-state index in [-0.39, 0.29) is 144 Å². The summed E-state index contributed by atoms with van der Waals surface area (Å²) in [4.78, 5) is 46.5. The maximum Gasteiger partial charge on any atom is 1.00 e. The number of hydrogen-bond donors (Lipinski definition) is 3. The van der Waals surface area contributed by atoms with Crippen LogP contribution in [0.5, 0.6) is 0 Å². The van der Waals surface area contributed by atoms with E-state index in [0.717, 1.165) is 11.1 Å². The Labute approximate surface area is 325 Å². The van der Waals surface area contributed by atoms with Gasteiger partial charge in [0.15, 0.2) is 0 Å². The average molecular weight is 633 g/mol. The Hall–Kier alpha value is 2.58. The first-order valence-corrected chi connectivity index (χ1v) is 14.7. The van der Waals surface area contributed by atoms with E-state index in [1.165, 1.54) is 13.8 Å². The van der Waals surface area contributed by atoms with Crippen molar-refractivity contribution in [2.45, 2.75) is 56.6 Å². The Bertz CT molecular complexity index is 981. The second-order valence-corrected chi connectivity index (χ2v) is 13.3. The summed E-state index contributed by atoms with van der Waals surface area (Å²) >= 11 is 0. The van der Waals surface area contributed by atoms with Crippen LogP contribution >= 0.6 is 15.2 Å². The molecule has 0 aliphatic heterocycles. The van der Waals surface area contributed by atoms with Crippen LogP contribution in [0.3, 0.4) is 0 Å². The van der Waals surface area contributed by atoms with Crippen molar-refractivity contribution in [1.82, 2.24) is 4.90 Å². The zero-order chi connectivity index (χ0) is 27.1. The number of benzene rings is 2. The number of aliphatic hydroxyl groups excluding tert-OH is 3. The molecule has 16 heteroatoms. The van der Waals surface area contributed by atoms with Crippen LogP contribution in [-0.2, 0) is 35.1 Å². The predicted molar refractivity (Wildman–Crippen MR) is 128 cm³/mol. The quantitative estimate of drug-likeness (QED) is 0.133. The van der Waals surface area contributed by atoms with Crippen molar-refractivity contribution in [3.8, 4) is 0 Å². The molecule has 0 spiro atoms. The topological polar surface area (TPSA) is 190 Å². The van der Waals surface area contributed by atoms with Gasteiger partial charge in [-0.25, -0.2) is 0 Å². The van der Waals surface area contributed by atoms with Crippen LogP contribution in [0.2, 0.25) is 0 Å². The molecule has 0 aliphatic carbocycles. The third-order valence-electron chi connectivity index (χ3n) is 6.49. The van der Waals surface area contributed by atoms with Gasteiger partial charge in [0.25, 0.3) is 0 Å². The van der Waals surface area contributed by atoms with Gasteiger partial charge in [0.05, 0.1) is 25.4 Å². The van der Waals surface area contributed by atoms with Gasteiger partial charge in [0.1, 0.15) is 0 Å². The number of aliphatic hydroxyl groups is 3. The van der Waals surface area contributed by atoms with E-state index < -0.39 is 51.9 Å². The maximum atomic E-state index is 11.2. The minimum Gasteiger partial charge on any atom is -0.811 e. The Morgan fingerprint density at radius 1 is 0.625 bits per heavy atom. The molecule has 0 radical (unpaired) electrons.